The van der Waals surface area contributed by atoms with E-state index < -0.39 is 32.5 Å². The van der Waals surface area contributed by atoms with Gasteiger partial charge in [-0.05, 0) is 12.1 Å². The Labute approximate surface area is 96.4 Å². The molecule has 0 aromatic heterocycles. The Morgan fingerprint density at radius 3 is 2.12 bits per heavy atom. The Kier molecular flexibility index (Phi) is 3.32. The predicted octanol–water partition coefficient (Wildman–Crippen LogP) is 2.25. The topological polar surface area (TPSA) is 60.2 Å². The van der Waals surface area contributed by atoms with E-state index in [9.17, 15) is 26.0 Å². The summed E-state index contributed by atoms with van der Waals surface area (Å²) in [6, 6.07) is 1.04. The molecule has 0 spiro atoms. The quantitative estimate of drug-likeness (QED) is 0.806. The van der Waals surface area contributed by atoms with Crippen LogP contribution < -0.4 is 5.14 Å². The minimum Gasteiger partial charge on any atom is -0.225 e. The second-order valence-corrected chi connectivity index (χ2v) is 5.22. The van der Waals surface area contributed by atoms with Crippen LogP contribution in [-0.2, 0) is 16.2 Å². The summed E-state index contributed by atoms with van der Waals surface area (Å²) < 4.78 is 71.9. The van der Waals surface area contributed by atoms with Crippen molar-refractivity contribution in [2.75, 3.05) is 0 Å². The van der Waals surface area contributed by atoms with Crippen molar-refractivity contribution in [1.29, 1.82) is 0 Å². The van der Waals surface area contributed by atoms with Crippen LogP contribution in [0.3, 0.4) is 0 Å². The fourth-order valence-corrected chi connectivity index (χ4v) is 2.30. The van der Waals surface area contributed by atoms with E-state index in [2.05, 4.69) is 21.1 Å². The van der Waals surface area contributed by atoms with E-state index in [1.165, 1.54) is 0 Å². The van der Waals surface area contributed by atoms with Crippen LogP contribution in [0.1, 0.15) is 5.56 Å². The Morgan fingerprint density at radius 1 is 1.25 bits per heavy atom. The van der Waals surface area contributed by atoms with Crippen LogP contribution in [0.5, 0.6) is 0 Å². The molecule has 0 unspecified atom stereocenters. The van der Waals surface area contributed by atoms with Gasteiger partial charge in [0, 0.05) is 4.47 Å². The van der Waals surface area contributed by atoms with Gasteiger partial charge in [-0.2, -0.15) is 13.2 Å². The molecule has 1 aromatic carbocycles. The molecular formula is C7H4BrF4NO2S. The number of benzene rings is 1. The maximum atomic E-state index is 13.1. The zero-order chi connectivity index (χ0) is 12.7. The van der Waals surface area contributed by atoms with E-state index in [1.54, 1.807) is 0 Å². The van der Waals surface area contributed by atoms with E-state index in [0.29, 0.717) is 12.1 Å². The molecule has 0 amide bonds. The van der Waals surface area contributed by atoms with Crippen molar-refractivity contribution in [3.63, 3.8) is 0 Å². The summed E-state index contributed by atoms with van der Waals surface area (Å²) in [6.07, 6.45) is -5.01. The number of alkyl halides is 3. The monoisotopic (exact) mass is 321 g/mol. The van der Waals surface area contributed by atoms with Gasteiger partial charge in [-0.15, -0.1) is 0 Å². The summed E-state index contributed by atoms with van der Waals surface area (Å²) in [7, 11) is -4.78. The lowest BCUT2D eigenvalue weighted by atomic mass is 10.2. The fraction of sp³-hybridized carbons (Fsp3) is 0.143. The Hall–Kier alpha value is -0.670. The lowest BCUT2D eigenvalue weighted by molar-refractivity contribution is -0.140. The molecule has 0 atom stereocenters. The zero-order valence-electron chi connectivity index (χ0n) is 7.35. The van der Waals surface area contributed by atoms with Crippen LogP contribution in [0, 0.1) is 5.82 Å². The minimum absolute atomic E-state index is 0.232. The summed E-state index contributed by atoms with van der Waals surface area (Å²) >= 11 is 2.63. The molecule has 1 rings (SSSR count). The van der Waals surface area contributed by atoms with E-state index in [-0.39, 0.29) is 4.47 Å². The summed E-state index contributed by atoms with van der Waals surface area (Å²) in [6.45, 7) is 0. The summed E-state index contributed by atoms with van der Waals surface area (Å²) in [5.74, 6) is -1.55. The largest absolute Gasteiger partial charge is 0.417 e. The van der Waals surface area contributed by atoms with Crippen LogP contribution in [0.15, 0.2) is 21.5 Å². The highest BCUT2D eigenvalue weighted by atomic mass is 79.9. The zero-order valence-corrected chi connectivity index (χ0v) is 9.75. The highest BCUT2D eigenvalue weighted by molar-refractivity contribution is 9.10. The van der Waals surface area contributed by atoms with E-state index in [0.717, 1.165) is 0 Å². The van der Waals surface area contributed by atoms with Crippen molar-refractivity contribution < 1.29 is 26.0 Å². The molecule has 0 aliphatic heterocycles. The molecule has 0 saturated carbocycles. The van der Waals surface area contributed by atoms with Crippen LogP contribution in [0.2, 0.25) is 0 Å². The molecule has 9 heteroatoms. The van der Waals surface area contributed by atoms with Gasteiger partial charge in [0.15, 0.2) is 0 Å². The van der Waals surface area contributed by atoms with Crippen LogP contribution >= 0.6 is 15.9 Å². The first kappa shape index (κ1) is 13.4. The first-order chi connectivity index (χ1) is 7.03. The maximum Gasteiger partial charge on any atom is 0.417 e. The smallest absolute Gasteiger partial charge is 0.225 e. The van der Waals surface area contributed by atoms with E-state index >= 15 is 0 Å². The van der Waals surface area contributed by atoms with Gasteiger partial charge in [0.2, 0.25) is 10.0 Å². The Morgan fingerprint density at radius 2 is 1.75 bits per heavy atom. The molecule has 16 heavy (non-hydrogen) atoms. The van der Waals surface area contributed by atoms with Gasteiger partial charge >= 0.3 is 6.18 Å². The summed E-state index contributed by atoms with van der Waals surface area (Å²) in [5, 5.41) is 4.52. The normalized spacial score (nSPS) is 12.9. The van der Waals surface area contributed by atoms with Crippen molar-refractivity contribution in [3.8, 4) is 0 Å². The third-order valence-corrected chi connectivity index (χ3v) is 3.04. The van der Waals surface area contributed by atoms with Crippen molar-refractivity contribution in [1.82, 2.24) is 0 Å². The average Bonchev–Trinajstić information content (AvgIpc) is 1.97. The van der Waals surface area contributed by atoms with Gasteiger partial charge in [-0.3, -0.25) is 0 Å². The van der Waals surface area contributed by atoms with E-state index in [4.69, 9.17) is 0 Å². The number of rotatable bonds is 1. The number of sulfonamides is 1. The molecule has 90 valence electrons. The number of primary sulfonamides is 1. The predicted molar refractivity (Wildman–Crippen MR) is 50.5 cm³/mol. The Balaban J connectivity index is 3.72. The molecule has 0 aliphatic rings. The third kappa shape index (κ3) is 2.71. The van der Waals surface area contributed by atoms with Gasteiger partial charge in [0.1, 0.15) is 10.7 Å². The molecule has 0 saturated heterocycles. The van der Waals surface area contributed by atoms with Gasteiger partial charge in [0.05, 0.1) is 5.56 Å². The minimum atomic E-state index is -5.01. The fourth-order valence-electron chi connectivity index (χ4n) is 1.06. The van der Waals surface area contributed by atoms with Crippen molar-refractivity contribution in [2.45, 2.75) is 11.1 Å². The molecule has 3 nitrogen and oxygen atoms in total. The molecule has 1 aromatic rings. The first-order valence-electron chi connectivity index (χ1n) is 3.62. The maximum absolute atomic E-state index is 13.1. The summed E-state index contributed by atoms with van der Waals surface area (Å²) in [4.78, 5) is -1.55. The van der Waals surface area contributed by atoms with E-state index in [1.807, 2.05) is 0 Å². The third-order valence-electron chi connectivity index (χ3n) is 1.60. The molecule has 0 fully saturated rings. The number of hydrogen-bond acceptors (Lipinski definition) is 2. The number of nitrogens with two attached hydrogens (primary N) is 1. The first-order valence-corrected chi connectivity index (χ1v) is 5.96. The van der Waals surface area contributed by atoms with Crippen molar-refractivity contribution >= 4 is 26.0 Å². The van der Waals surface area contributed by atoms with Gasteiger partial charge in [0.25, 0.3) is 0 Å². The highest BCUT2D eigenvalue weighted by Crippen LogP contribution is 2.36. The molecule has 0 aliphatic carbocycles. The molecular weight excluding hydrogens is 318 g/mol. The second-order valence-electron chi connectivity index (χ2n) is 2.81. The van der Waals surface area contributed by atoms with Crippen LogP contribution in [0.25, 0.3) is 0 Å². The molecule has 0 heterocycles. The van der Waals surface area contributed by atoms with Crippen LogP contribution in [-0.4, -0.2) is 8.42 Å². The van der Waals surface area contributed by atoms with Crippen LogP contribution in [0.4, 0.5) is 17.6 Å². The Bertz CT molecular complexity index is 526. The van der Waals surface area contributed by atoms with Gasteiger partial charge < -0.3 is 0 Å². The molecule has 2 N–H and O–H groups in total. The molecule has 0 radical (unpaired) electrons. The van der Waals surface area contributed by atoms with Crippen molar-refractivity contribution in [2.24, 2.45) is 5.14 Å². The lowest BCUT2D eigenvalue weighted by Crippen LogP contribution is -2.20. The average molecular weight is 322 g/mol. The molecule has 0 bridgehead atoms. The standard InChI is InChI=1S/C7H4BrF4NO2S/c8-3-1-4(7(10,11)12)6(5(9)2-3)16(13,14)15/h1-2H,(H2,13,14,15). The second kappa shape index (κ2) is 3.97. The summed E-state index contributed by atoms with van der Waals surface area (Å²) in [5.41, 5.74) is -1.64. The highest BCUT2D eigenvalue weighted by Gasteiger charge is 2.38. The number of hydrogen-bond donors (Lipinski definition) is 1. The van der Waals surface area contributed by atoms with Gasteiger partial charge in [-0.25, -0.2) is 17.9 Å². The van der Waals surface area contributed by atoms with Gasteiger partial charge in [-0.1, -0.05) is 15.9 Å². The lowest BCUT2D eigenvalue weighted by Gasteiger charge is -2.12. The number of halogens is 5. The SMILES string of the molecule is NS(=O)(=O)c1c(F)cc(Br)cc1C(F)(F)F. The van der Waals surface area contributed by atoms with Crippen molar-refractivity contribution in [3.05, 3.63) is 28.0 Å².